The van der Waals surface area contributed by atoms with Crippen LogP contribution in [0.2, 0.25) is 0 Å². The van der Waals surface area contributed by atoms with Gasteiger partial charge in [0.15, 0.2) is 0 Å². The number of hydrogen-bond donors (Lipinski definition) is 2. The number of urea groups is 1. The summed E-state index contributed by atoms with van der Waals surface area (Å²) in [6.45, 7) is 6.00. The maximum absolute atomic E-state index is 13.1. The van der Waals surface area contributed by atoms with Crippen LogP contribution in [-0.4, -0.2) is 54.7 Å². The lowest BCUT2D eigenvalue weighted by atomic mass is 9.76. The molecule has 1 fully saturated rings. The third-order valence-electron chi connectivity index (χ3n) is 4.52. The average Bonchev–Trinajstić information content (AvgIpc) is 2.60. The molecule has 1 unspecified atom stereocenters. The SMILES string of the molecule is CCCCOCC(CN1C(=O)NC(=O)C(CCC)(CCC)C1=O)OC(N)=O. The first-order chi connectivity index (χ1) is 12.8. The highest BCUT2D eigenvalue weighted by Gasteiger charge is 2.52. The van der Waals surface area contributed by atoms with Gasteiger partial charge in [-0.3, -0.25) is 19.8 Å². The monoisotopic (exact) mass is 385 g/mol. The van der Waals surface area contributed by atoms with Gasteiger partial charge < -0.3 is 15.2 Å². The normalized spacial score (nSPS) is 17.6. The van der Waals surface area contributed by atoms with Crippen molar-refractivity contribution in [3.63, 3.8) is 0 Å². The van der Waals surface area contributed by atoms with Crippen LogP contribution in [0.5, 0.6) is 0 Å². The van der Waals surface area contributed by atoms with E-state index < -0.39 is 35.5 Å². The molecule has 0 spiro atoms. The van der Waals surface area contributed by atoms with Gasteiger partial charge in [-0.2, -0.15) is 0 Å². The van der Waals surface area contributed by atoms with Gasteiger partial charge in [0.25, 0.3) is 0 Å². The van der Waals surface area contributed by atoms with Crippen LogP contribution in [0.3, 0.4) is 0 Å². The Morgan fingerprint density at radius 1 is 1.15 bits per heavy atom. The average molecular weight is 385 g/mol. The fourth-order valence-corrected chi connectivity index (χ4v) is 3.27. The van der Waals surface area contributed by atoms with E-state index in [9.17, 15) is 19.2 Å². The minimum Gasteiger partial charge on any atom is -0.442 e. The van der Waals surface area contributed by atoms with Crippen molar-refractivity contribution in [2.24, 2.45) is 11.1 Å². The predicted molar refractivity (Wildman–Crippen MR) is 97.7 cm³/mol. The summed E-state index contributed by atoms with van der Waals surface area (Å²) in [4.78, 5) is 49.9. The van der Waals surface area contributed by atoms with Gasteiger partial charge >= 0.3 is 12.1 Å². The largest absolute Gasteiger partial charge is 0.442 e. The molecule has 0 aliphatic carbocycles. The van der Waals surface area contributed by atoms with Gasteiger partial charge in [0.1, 0.15) is 11.5 Å². The van der Waals surface area contributed by atoms with Crippen molar-refractivity contribution in [1.29, 1.82) is 0 Å². The maximum atomic E-state index is 13.1. The molecule has 1 atom stereocenters. The molecule has 0 aromatic rings. The van der Waals surface area contributed by atoms with E-state index in [2.05, 4.69) is 5.32 Å². The molecule has 0 bridgehead atoms. The Labute approximate surface area is 159 Å². The van der Waals surface area contributed by atoms with Crippen LogP contribution in [0.15, 0.2) is 0 Å². The molecule has 1 saturated heterocycles. The molecule has 9 nitrogen and oxygen atoms in total. The number of imide groups is 2. The van der Waals surface area contributed by atoms with Crippen LogP contribution in [0, 0.1) is 5.41 Å². The van der Waals surface area contributed by atoms with Gasteiger partial charge in [-0.05, 0) is 19.3 Å². The van der Waals surface area contributed by atoms with Crippen molar-refractivity contribution < 1.29 is 28.7 Å². The number of primary amides is 1. The summed E-state index contributed by atoms with van der Waals surface area (Å²) in [7, 11) is 0. The molecular weight excluding hydrogens is 354 g/mol. The summed E-state index contributed by atoms with van der Waals surface area (Å²) in [5, 5.41) is 2.27. The van der Waals surface area contributed by atoms with Crippen LogP contribution in [0.4, 0.5) is 9.59 Å². The second-order valence-corrected chi connectivity index (χ2v) is 6.74. The van der Waals surface area contributed by atoms with Gasteiger partial charge in [-0.25, -0.2) is 9.59 Å². The van der Waals surface area contributed by atoms with Crippen molar-refractivity contribution in [3.05, 3.63) is 0 Å². The number of nitrogens with one attached hydrogen (secondary N) is 1. The predicted octanol–water partition coefficient (Wildman–Crippen LogP) is 1.93. The molecule has 0 saturated carbocycles. The van der Waals surface area contributed by atoms with Gasteiger partial charge in [0, 0.05) is 6.61 Å². The Morgan fingerprint density at radius 2 is 1.78 bits per heavy atom. The van der Waals surface area contributed by atoms with E-state index in [4.69, 9.17) is 15.2 Å². The first-order valence-corrected chi connectivity index (χ1v) is 9.53. The fraction of sp³-hybridized carbons (Fsp3) is 0.778. The molecule has 3 N–H and O–H groups in total. The summed E-state index contributed by atoms with van der Waals surface area (Å²) in [5.41, 5.74) is 3.81. The van der Waals surface area contributed by atoms with E-state index in [-0.39, 0.29) is 13.2 Å². The molecule has 9 heteroatoms. The Morgan fingerprint density at radius 3 is 2.30 bits per heavy atom. The van der Waals surface area contributed by atoms with E-state index in [1.165, 1.54) is 0 Å². The zero-order valence-electron chi connectivity index (χ0n) is 16.4. The Balaban J connectivity index is 2.97. The number of carbonyl (C=O) groups is 4. The van der Waals surface area contributed by atoms with Gasteiger partial charge in [0.2, 0.25) is 11.8 Å². The summed E-state index contributed by atoms with van der Waals surface area (Å²) >= 11 is 0. The van der Waals surface area contributed by atoms with E-state index in [0.29, 0.717) is 32.3 Å². The summed E-state index contributed by atoms with van der Waals surface area (Å²) < 4.78 is 10.4. The molecule has 1 rings (SSSR count). The molecule has 0 radical (unpaired) electrons. The lowest BCUT2D eigenvalue weighted by Crippen LogP contribution is -2.65. The van der Waals surface area contributed by atoms with E-state index in [1.807, 2.05) is 20.8 Å². The minimum atomic E-state index is -1.28. The van der Waals surface area contributed by atoms with Crippen molar-refractivity contribution >= 4 is 23.9 Å². The number of rotatable bonds is 12. The van der Waals surface area contributed by atoms with Crippen molar-refractivity contribution in [2.45, 2.75) is 65.4 Å². The molecule has 0 aromatic heterocycles. The Kier molecular flexibility index (Phi) is 9.20. The molecule has 27 heavy (non-hydrogen) atoms. The van der Waals surface area contributed by atoms with E-state index in [1.54, 1.807) is 0 Å². The molecule has 5 amide bonds. The number of nitrogens with zero attached hydrogens (tertiary/aromatic N) is 1. The van der Waals surface area contributed by atoms with Crippen LogP contribution in [-0.2, 0) is 19.1 Å². The molecule has 154 valence electrons. The first kappa shape index (κ1) is 22.9. The van der Waals surface area contributed by atoms with Crippen molar-refractivity contribution in [3.8, 4) is 0 Å². The van der Waals surface area contributed by atoms with Crippen molar-refractivity contribution in [1.82, 2.24) is 10.2 Å². The van der Waals surface area contributed by atoms with Gasteiger partial charge in [-0.1, -0.05) is 40.0 Å². The van der Waals surface area contributed by atoms with Crippen LogP contribution in [0.1, 0.15) is 59.3 Å². The Bertz CT molecular complexity index is 545. The number of hydrogen-bond acceptors (Lipinski definition) is 6. The zero-order valence-corrected chi connectivity index (χ0v) is 16.4. The van der Waals surface area contributed by atoms with Crippen LogP contribution in [0.25, 0.3) is 0 Å². The summed E-state index contributed by atoms with van der Waals surface area (Å²) in [6, 6.07) is -0.820. The highest BCUT2D eigenvalue weighted by molar-refractivity contribution is 6.19. The van der Waals surface area contributed by atoms with Crippen molar-refractivity contribution in [2.75, 3.05) is 19.8 Å². The zero-order chi connectivity index (χ0) is 20.4. The van der Waals surface area contributed by atoms with Gasteiger partial charge in [-0.15, -0.1) is 0 Å². The summed E-state index contributed by atoms with van der Waals surface area (Å²) in [5.74, 6) is -1.13. The number of ether oxygens (including phenoxy) is 2. The third kappa shape index (κ3) is 5.92. The van der Waals surface area contributed by atoms with Crippen LogP contribution < -0.4 is 11.1 Å². The Hall–Kier alpha value is -2.16. The smallest absolute Gasteiger partial charge is 0.404 e. The quantitative estimate of drug-likeness (QED) is 0.390. The topological polar surface area (TPSA) is 128 Å². The van der Waals surface area contributed by atoms with Crippen LogP contribution >= 0.6 is 0 Å². The van der Waals surface area contributed by atoms with E-state index >= 15 is 0 Å². The standard InChI is InChI=1S/C18H31N3O6/c1-4-7-10-26-12-13(27-16(19)24)11-21-15(23)18(8-5-2,9-6-3)14(22)20-17(21)25/h13H,4-12H2,1-3H3,(H2,19,24)(H,20,22,25). The maximum Gasteiger partial charge on any atom is 0.404 e. The molecule has 1 aliphatic rings. The lowest BCUT2D eigenvalue weighted by Gasteiger charge is -2.40. The molecule has 0 aromatic carbocycles. The second kappa shape index (κ2) is 10.9. The number of amides is 5. The third-order valence-corrected chi connectivity index (χ3v) is 4.52. The second-order valence-electron chi connectivity index (χ2n) is 6.74. The van der Waals surface area contributed by atoms with Gasteiger partial charge in [0.05, 0.1) is 13.2 Å². The van der Waals surface area contributed by atoms with E-state index in [0.717, 1.165) is 17.7 Å². The lowest BCUT2D eigenvalue weighted by molar-refractivity contribution is -0.154. The first-order valence-electron chi connectivity index (χ1n) is 9.53. The molecule has 1 aliphatic heterocycles. The minimum absolute atomic E-state index is 0.00248. The highest BCUT2D eigenvalue weighted by Crippen LogP contribution is 2.35. The number of carbonyl (C=O) groups excluding carboxylic acids is 4. The summed E-state index contributed by atoms with van der Waals surface area (Å²) in [6.07, 6.45) is 1.75. The number of unbranched alkanes of at least 4 members (excludes halogenated alkanes) is 1. The molecule has 1 heterocycles. The number of nitrogens with two attached hydrogens (primary N) is 1. The molecular formula is C18H31N3O6. The number of barbiturate groups is 1. The highest BCUT2D eigenvalue weighted by atomic mass is 16.6. The fourth-order valence-electron chi connectivity index (χ4n) is 3.27.